The Bertz CT molecular complexity index is 566. The second kappa shape index (κ2) is 6.87. The Hall–Kier alpha value is -2.13. The molecule has 3 N–H and O–H groups in total. The fraction of sp³-hybridized carbons (Fsp3) is 0.235. The van der Waals surface area contributed by atoms with Gasteiger partial charge < -0.3 is 11.1 Å². The molecule has 104 valence electrons. The molecule has 0 fully saturated rings. The fourth-order valence-electron chi connectivity index (χ4n) is 2.26. The fourth-order valence-corrected chi connectivity index (χ4v) is 2.26. The Balaban J connectivity index is 2.13. The highest BCUT2D eigenvalue weighted by atomic mass is 16.1. The number of amides is 1. The first kappa shape index (κ1) is 14.3. The van der Waals surface area contributed by atoms with Gasteiger partial charge in [-0.25, -0.2) is 0 Å². The third-order valence-electron chi connectivity index (χ3n) is 3.36. The van der Waals surface area contributed by atoms with E-state index in [-0.39, 0.29) is 11.8 Å². The summed E-state index contributed by atoms with van der Waals surface area (Å²) in [5, 5.41) is 2.97. The summed E-state index contributed by atoms with van der Waals surface area (Å²) in [6.45, 7) is 2.49. The summed E-state index contributed by atoms with van der Waals surface area (Å²) in [4.78, 5) is 12.4. The molecule has 2 aromatic rings. The van der Waals surface area contributed by atoms with Crippen LogP contribution in [0, 0.1) is 0 Å². The van der Waals surface area contributed by atoms with Crippen molar-refractivity contribution < 1.29 is 4.79 Å². The molecular weight excluding hydrogens is 248 g/mol. The van der Waals surface area contributed by atoms with Crippen molar-refractivity contribution in [1.82, 2.24) is 0 Å². The Morgan fingerprint density at radius 3 is 2.55 bits per heavy atom. The van der Waals surface area contributed by atoms with Gasteiger partial charge in [0.05, 0.1) is 5.92 Å². The Morgan fingerprint density at radius 2 is 1.90 bits per heavy atom. The van der Waals surface area contributed by atoms with Crippen LogP contribution in [0.15, 0.2) is 54.6 Å². The quantitative estimate of drug-likeness (QED) is 0.874. The van der Waals surface area contributed by atoms with Crippen molar-refractivity contribution in [3.63, 3.8) is 0 Å². The van der Waals surface area contributed by atoms with E-state index < -0.39 is 0 Å². The minimum atomic E-state index is -0.127. The van der Waals surface area contributed by atoms with E-state index in [1.54, 1.807) is 0 Å². The molecule has 0 radical (unpaired) electrons. The summed E-state index contributed by atoms with van der Waals surface area (Å²) in [5.74, 6) is -0.106. The number of hydrogen-bond donors (Lipinski definition) is 2. The topological polar surface area (TPSA) is 55.1 Å². The predicted octanol–water partition coefficient (Wildman–Crippen LogP) is 3.28. The molecule has 0 aliphatic heterocycles. The van der Waals surface area contributed by atoms with Gasteiger partial charge in [0, 0.05) is 12.2 Å². The van der Waals surface area contributed by atoms with Crippen LogP contribution in [-0.4, -0.2) is 5.91 Å². The van der Waals surface area contributed by atoms with E-state index in [1.165, 1.54) is 0 Å². The van der Waals surface area contributed by atoms with Crippen molar-refractivity contribution in [3.8, 4) is 0 Å². The van der Waals surface area contributed by atoms with Crippen molar-refractivity contribution in [2.75, 3.05) is 5.32 Å². The number of carbonyl (C=O) groups excluding carboxylic acids is 1. The van der Waals surface area contributed by atoms with Gasteiger partial charge in [0.15, 0.2) is 0 Å². The van der Waals surface area contributed by atoms with Crippen LogP contribution in [-0.2, 0) is 11.3 Å². The third-order valence-corrected chi connectivity index (χ3v) is 3.36. The number of nitrogens with one attached hydrogen (secondary N) is 1. The van der Waals surface area contributed by atoms with Gasteiger partial charge in [-0.1, -0.05) is 49.4 Å². The molecule has 20 heavy (non-hydrogen) atoms. The number of benzene rings is 2. The van der Waals surface area contributed by atoms with Crippen molar-refractivity contribution in [3.05, 3.63) is 65.7 Å². The zero-order valence-electron chi connectivity index (χ0n) is 11.7. The van der Waals surface area contributed by atoms with Crippen molar-refractivity contribution in [2.24, 2.45) is 5.73 Å². The Labute approximate surface area is 119 Å². The molecule has 3 heteroatoms. The highest BCUT2D eigenvalue weighted by Gasteiger charge is 2.18. The summed E-state index contributed by atoms with van der Waals surface area (Å²) < 4.78 is 0. The zero-order valence-corrected chi connectivity index (χ0v) is 11.7. The number of hydrogen-bond acceptors (Lipinski definition) is 2. The number of rotatable bonds is 5. The number of carbonyl (C=O) groups is 1. The first-order valence-electron chi connectivity index (χ1n) is 6.89. The zero-order chi connectivity index (χ0) is 14.4. The molecule has 0 aliphatic rings. The first-order chi connectivity index (χ1) is 9.74. The maximum Gasteiger partial charge on any atom is 0.231 e. The maximum absolute atomic E-state index is 12.4. The Morgan fingerprint density at radius 1 is 1.15 bits per heavy atom. The third kappa shape index (κ3) is 3.45. The molecule has 0 spiro atoms. The molecule has 2 aromatic carbocycles. The van der Waals surface area contributed by atoms with Gasteiger partial charge in [0.1, 0.15) is 0 Å². The van der Waals surface area contributed by atoms with E-state index in [0.29, 0.717) is 6.54 Å². The van der Waals surface area contributed by atoms with E-state index in [1.807, 2.05) is 61.5 Å². The number of anilines is 1. The normalized spacial score (nSPS) is 11.9. The van der Waals surface area contributed by atoms with Crippen molar-refractivity contribution >= 4 is 11.6 Å². The van der Waals surface area contributed by atoms with Gasteiger partial charge >= 0.3 is 0 Å². The summed E-state index contributed by atoms with van der Waals surface area (Å²) in [5.41, 5.74) is 8.47. The van der Waals surface area contributed by atoms with Crippen LogP contribution in [0.1, 0.15) is 30.4 Å². The molecular formula is C17H20N2O. The number of nitrogens with two attached hydrogens (primary N) is 1. The molecule has 2 rings (SSSR count). The van der Waals surface area contributed by atoms with E-state index in [4.69, 9.17) is 5.73 Å². The molecule has 1 unspecified atom stereocenters. The molecule has 0 heterocycles. The summed E-state index contributed by atoms with van der Waals surface area (Å²) in [6, 6.07) is 17.5. The molecule has 3 nitrogen and oxygen atoms in total. The van der Waals surface area contributed by atoms with Crippen LogP contribution < -0.4 is 11.1 Å². The standard InChI is InChI=1S/C17H20N2O/c1-2-16(14-8-4-3-5-9-14)17(20)19-15-10-6-7-13(11-15)12-18/h3-11,16H,2,12,18H2,1H3,(H,19,20). The van der Waals surface area contributed by atoms with Gasteiger partial charge in [-0.15, -0.1) is 0 Å². The highest BCUT2D eigenvalue weighted by molar-refractivity contribution is 5.95. The summed E-state index contributed by atoms with van der Waals surface area (Å²) >= 11 is 0. The average Bonchev–Trinajstić information content (AvgIpc) is 2.49. The lowest BCUT2D eigenvalue weighted by atomic mass is 9.95. The molecule has 1 atom stereocenters. The monoisotopic (exact) mass is 268 g/mol. The first-order valence-corrected chi connectivity index (χ1v) is 6.89. The van der Waals surface area contributed by atoms with Crippen LogP contribution in [0.5, 0.6) is 0 Å². The molecule has 0 bridgehead atoms. The Kier molecular flexibility index (Phi) is 4.91. The molecule has 1 amide bonds. The van der Waals surface area contributed by atoms with Gasteiger partial charge in [-0.05, 0) is 29.7 Å². The van der Waals surface area contributed by atoms with Crippen LogP contribution in [0.3, 0.4) is 0 Å². The lowest BCUT2D eigenvalue weighted by Crippen LogP contribution is -2.20. The van der Waals surface area contributed by atoms with Gasteiger partial charge in [0.2, 0.25) is 5.91 Å². The van der Waals surface area contributed by atoms with E-state index in [9.17, 15) is 4.79 Å². The molecule has 0 aliphatic carbocycles. The summed E-state index contributed by atoms with van der Waals surface area (Å²) in [6.07, 6.45) is 0.770. The van der Waals surface area contributed by atoms with E-state index >= 15 is 0 Å². The maximum atomic E-state index is 12.4. The minimum absolute atomic E-state index is 0.0212. The van der Waals surface area contributed by atoms with Gasteiger partial charge in [-0.3, -0.25) is 4.79 Å². The second-order valence-electron chi connectivity index (χ2n) is 4.77. The van der Waals surface area contributed by atoms with E-state index in [0.717, 1.165) is 23.2 Å². The van der Waals surface area contributed by atoms with Gasteiger partial charge in [-0.2, -0.15) is 0 Å². The van der Waals surface area contributed by atoms with Crippen LogP contribution in [0.4, 0.5) is 5.69 Å². The second-order valence-corrected chi connectivity index (χ2v) is 4.77. The SMILES string of the molecule is CCC(C(=O)Nc1cccc(CN)c1)c1ccccc1. The van der Waals surface area contributed by atoms with Crippen molar-refractivity contribution in [1.29, 1.82) is 0 Å². The van der Waals surface area contributed by atoms with Crippen LogP contribution >= 0.6 is 0 Å². The lowest BCUT2D eigenvalue weighted by Gasteiger charge is -2.15. The highest BCUT2D eigenvalue weighted by Crippen LogP contribution is 2.21. The van der Waals surface area contributed by atoms with Crippen LogP contribution in [0.2, 0.25) is 0 Å². The average molecular weight is 268 g/mol. The van der Waals surface area contributed by atoms with Crippen molar-refractivity contribution in [2.45, 2.75) is 25.8 Å². The predicted molar refractivity (Wildman–Crippen MR) is 82.4 cm³/mol. The lowest BCUT2D eigenvalue weighted by molar-refractivity contribution is -0.117. The molecule has 0 saturated carbocycles. The summed E-state index contributed by atoms with van der Waals surface area (Å²) in [7, 11) is 0. The molecule has 0 aromatic heterocycles. The smallest absolute Gasteiger partial charge is 0.231 e. The van der Waals surface area contributed by atoms with Gasteiger partial charge in [0.25, 0.3) is 0 Å². The minimum Gasteiger partial charge on any atom is -0.326 e. The molecule has 0 saturated heterocycles. The van der Waals surface area contributed by atoms with Crippen LogP contribution in [0.25, 0.3) is 0 Å². The largest absolute Gasteiger partial charge is 0.326 e. The van der Waals surface area contributed by atoms with E-state index in [2.05, 4.69) is 5.32 Å².